The summed E-state index contributed by atoms with van der Waals surface area (Å²) in [6, 6.07) is 10.1. The number of thiazole rings is 1. The molecule has 0 spiro atoms. The van der Waals surface area contributed by atoms with Gasteiger partial charge in [0.05, 0.1) is 23.9 Å². The van der Waals surface area contributed by atoms with Gasteiger partial charge in [0, 0.05) is 35.5 Å². The fraction of sp³-hybridized carbons (Fsp3) is 0.419. The van der Waals surface area contributed by atoms with Gasteiger partial charge in [-0.25, -0.2) is 4.98 Å². The van der Waals surface area contributed by atoms with Gasteiger partial charge in [-0.2, -0.15) is 0 Å². The largest absolute Gasteiger partial charge is 0.490 e. The lowest BCUT2D eigenvalue weighted by Crippen LogP contribution is -2.29. The fourth-order valence-electron chi connectivity index (χ4n) is 4.60. The third kappa shape index (κ3) is 5.66. The first-order chi connectivity index (χ1) is 18.6. The number of hydrogen-bond acceptors (Lipinski definition) is 5. The Labute approximate surface area is 228 Å². The molecule has 1 amide bonds. The Morgan fingerprint density at radius 3 is 2.87 bits per heavy atom. The zero-order chi connectivity index (χ0) is 26.0. The molecule has 6 nitrogen and oxygen atoms in total. The van der Waals surface area contributed by atoms with Crippen LogP contribution in [0.1, 0.15) is 75.1 Å². The molecule has 7 heteroatoms. The van der Waals surface area contributed by atoms with Crippen LogP contribution >= 0.6 is 11.3 Å². The van der Waals surface area contributed by atoms with Gasteiger partial charge in [0.25, 0.3) is 5.91 Å². The van der Waals surface area contributed by atoms with Crippen molar-refractivity contribution in [2.45, 2.75) is 76.4 Å². The van der Waals surface area contributed by atoms with Crippen molar-refractivity contribution in [3.63, 3.8) is 0 Å². The number of ether oxygens (including phenoxy) is 1. The van der Waals surface area contributed by atoms with Crippen LogP contribution in [0.3, 0.4) is 0 Å². The number of aromatic nitrogens is 2. The molecule has 196 valence electrons. The van der Waals surface area contributed by atoms with E-state index < -0.39 is 0 Å². The summed E-state index contributed by atoms with van der Waals surface area (Å²) in [6.45, 7) is 2.60. The van der Waals surface area contributed by atoms with Gasteiger partial charge in [-0.15, -0.1) is 17.3 Å². The first kappa shape index (κ1) is 24.8. The Bertz CT molecular complexity index is 1410. The van der Waals surface area contributed by atoms with E-state index in [1.54, 1.807) is 11.3 Å². The summed E-state index contributed by atoms with van der Waals surface area (Å²) >= 11 is 1.58. The number of nitrogens with one attached hydrogen (secondary N) is 2. The highest BCUT2D eigenvalue weighted by atomic mass is 32.1. The molecule has 1 aromatic carbocycles. The molecule has 0 radical (unpaired) electrons. The van der Waals surface area contributed by atoms with Crippen LogP contribution in [0.2, 0.25) is 0 Å². The van der Waals surface area contributed by atoms with Crippen LogP contribution in [-0.4, -0.2) is 28.1 Å². The van der Waals surface area contributed by atoms with E-state index in [1.807, 2.05) is 30.6 Å². The van der Waals surface area contributed by atoms with Gasteiger partial charge in [-0.05, 0) is 75.1 Å². The number of amides is 1. The molecule has 3 fully saturated rings. The quantitative estimate of drug-likeness (QED) is 0.288. The molecule has 3 saturated carbocycles. The minimum Gasteiger partial charge on any atom is -0.490 e. The SMILES string of the molecule is CCCC#CC1(n2ccc(C(=O)NCC(Nc3nc(-c4cccc(OC5CC5)c4)cs3)=C3CCC3)c2)CC1. The van der Waals surface area contributed by atoms with Crippen molar-refractivity contribution in [2.24, 2.45) is 0 Å². The summed E-state index contributed by atoms with van der Waals surface area (Å²) in [6.07, 6.45) is 14.0. The number of hydrogen-bond donors (Lipinski definition) is 2. The highest BCUT2D eigenvalue weighted by molar-refractivity contribution is 7.14. The zero-order valence-electron chi connectivity index (χ0n) is 21.9. The summed E-state index contributed by atoms with van der Waals surface area (Å²) in [5.74, 6) is 7.56. The van der Waals surface area contributed by atoms with Gasteiger partial charge in [0.15, 0.2) is 5.13 Å². The monoisotopic (exact) mass is 526 g/mol. The lowest BCUT2D eigenvalue weighted by molar-refractivity contribution is 0.0957. The Morgan fingerprint density at radius 1 is 1.26 bits per heavy atom. The standard InChI is InChI=1S/C31H34N4O2S/c1-2-3-4-14-31(15-16-31)35-17-13-24(20-35)29(36)32-19-27(22-7-5-8-22)33-30-34-28(21-38-30)23-9-6-10-26(18-23)37-25-11-12-25/h6,9-10,13,17-18,20-21,25H,2-3,5,7-8,11-12,15-16,19H2,1H3,(H,32,36)(H,33,34). The highest BCUT2D eigenvalue weighted by Gasteiger charge is 2.43. The van der Waals surface area contributed by atoms with Gasteiger partial charge in [0.1, 0.15) is 11.3 Å². The van der Waals surface area contributed by atoms with E-state index in [4.69, 9.17) is 9.72 Å². The summed E-state index contributed by atoms with van der Waals surface area (Å²) < 4.78 is 8.07. The number of carbonyl (C=O) groups is 1. The van der Waals surface area contributed by atoms with Crippen LogP contribution in [0.15, 0.2) is 59.4 Å². The molecule has 0 unspecified atom stereocenters. The third-order valence-electron chi connectivity index (χ3n) is 7.40. The van der Waals surface area contributed by atoms with Crippen LogP contribution in [0, 0.1) is 11.8 Å². The molecule has 3 aromatic rings. The van der Waals surface area contributed by atoms with Gasteiger partial charge >= 0.3 is 0 Å². The van der Waals surface area contributed by atoms with Crippen molar-refractivity contribution in [3.8, 4) is 28.8 Å². The predicted molar refractivity (Wildman–Crippen MR) is 152 cm³/mol. The van der Waals surface area contributed by atoms with E-state index in [0.717, 1.165) is 79.2 Å². The molecule has 0 bridgehead atoms. The van der Waals surface area contributed by atoms with Crippen LogP contribution < -0.4 is 15.4 Å². The Hall–Kier alpha value is -3.50. The molecule has 0 aliphatic heterocycles. The van der Waals surface area contributed by atoms with Gasteiger partial charge in [-0.3, -0.25) is 4.79 Å². The smallest absolute Gasteiger partial charge is 0.253 e. The van der Waals surface area contributed by atoms with Crippen molar-refractivity contribution >= 4 is 22.4 Å². The van der Waals surface area contributed by atoms with Gasteiger partial charge < -0.3 is 19.9 Å². The molecular weight excluding hydrogens is 492 g/mol. The molecule has 0 saturated heterocycles. The second-order valence-corrected chi connectivity index (χ2v) is 11.4. The number of anilines is 1. The third-order valence-corrected chi connectivity index (χ3v) is 8.16. The first-order valence-corrected chi connectivity index (χ1v) is 14.7. The Balaban J connectivity index is 1.09. The Kier molecular flexibility index (Phi) is 6.99. The number of rotatable bonds is 10. The second kappa shape index (κ2) is 10.7. The molecule has 3 aliphatic carbocycles. The molecule has 2 N–H and O–H groups in total. The highest BCUT2D eigenvalue weighted by Crippen LogP contribution is 2.43. The average Bonchev–Trinajstić information content (AvgIpc) is 3.76. The molecule has 3 aliphatic rings. The second-order valence-electron chi connectivity index (χ2n) is 10.5. The number of unbranched alkanes of at least 4 members (excludes halogenated alkanes) is 1. The maximum atomic E-state index is 13.0. The lowest BCUT2D eigenvalue weighted by Gasteiger charge is -2.22. The van der Waals surface area contributed by atoms with Crippen molar-refractivity contribution in [1.29, 1.82) is 0 Å². The Morgan fingerprint density at radius 2 is 2.13 bits per heavy atom. The summed E-state index contributed by atoms with van der Waals surface area (Å²) in [7, 11) is 0. The average molecular weight is 527 g/mol. The van der Waals surface area contributed by atoms with E-state index in [9.17, 15) is 4.79 Å². The van der Waals surface area contributed by atoms with Gasteiger partial charge in [0.2, 0.25) is 0 Å². The van der Waals surface area contributed by atoms with Crippen molar-refractivity contribution in [1.82, 2.24) is 14.9 Å². The van der Waals surface area contributed by atoms with E-state index in [2.05, 4.69) is 51.5 Å². The lowest BCUT2D eigenvalue weighted by atomic mass is 9.90. The first-order valence-electron chi connectivity index (χ1n) is 13.8. The minimum absolute atomic E-state index is 0.0624. The fourth-order valence-corrected chi connectivity index (χ4v) is 5.34. The van der Waals surface area contributed by atoms with E-state index >= 15 is 0 Å². The van der Waals surface area contributed by atoms with Gasteiger partial charge in [-0.1, -0.05) is 25.0 Å². The van der Waals surface area contributed by atoms with E-state index in [0.29, 0.717) is 18.2 Å². The molecule has 38 heavy (non-hydrogen) atoms. The van der Waals surface area contributed by atoms with Crippen molar-refractivity contribution < 1.29 is 9.53 Å². The number of allylic oxidation sites excluding steroid dienone is 1. The molecule has 2 aromatic heterocycles. The van der Waals surface area contributed by atoms with Crippen LogP contribution in [0.25, 0.3) is 11.3 Å². The molecule has 2 heterocycles. The van der Waals surface area contributed by atoms with Crippen molar-refractivity contribution in [2.75, 3.05) is 11.9 Å². The zero-order valence-corrected chi connectivity index (χ0v) is 22.7. The van der Waals surface area contributed by atoms with E-state index in [-0.39, 0.29) is 11.4 Å². The number of nitrogens with zero attached hydrogens (tertiary/aromatic N) is 2. The molecule has 6 rings (SSSR count). The van der Waals surface area contributed by atoms with E-state index in [1.165, 1.54) is 12.0 Å². The maximum Gasteiger partial charge on any atom is 0.253 e. The summed E-state index contributed by atoms with van der Waals surface area (Å²) in [4.78, 5) is 17.9. The minimum atomic E-state index is -0.111. The van der Waals surface area contributed by atoms with Crippen LogP contribution in [0.5, 0.6) is 5.75 Å². The van der Waals surface area contributed by atoms with Crippen LogP contribution in [0.4, 0.5) is 5.13 Å². The van der Waals surface area contributed by atoms with Crippen molar-refractivity contribution in [3.05, 3.63) is 64.9 Å². The summed E-state index contributed by atoms with van der Waals surface area (Å²) in [5, 5.41) is 9.56. The summed E-state index contributed by atoms with van der Waals surface area (Å²) in [5.41, 5.74) is 4.97. The normalized spacial score (nSPS) is 17.1. The molecular formula is C31H34N4O2S. The number of carbonyl (C=O) groups excluding carboxylic acids is 1. The molecule has 0 atom stereocenters. The maximum absolute atomic E-state index is 13.0. The topological polar surface area (TPSA) is 68.2 Å². The predicted octanol–water partition coefficient (Wildman–Crippen LogP) is 6.73. The number of benzene rings is 1. The van der Waals surface area contributed by atoms with Crippen LogP contribution in [-0.2, 0) is 5.54 Å².